The predicted octanol–water partition coefficient (Wildman–Crippen LogP) is 5.19. The highest BCUT2D eigenvalue weighted by Crippen LogP contribution is 2.30. The van der Waals surface area contributed by atoms with Crippen molar-refractivity contribution in [3.8, 4) is 10.6 Å². The average Bonchev–Trinajstić information content (AvgIpc) is 3.08. The first-order valence-electron chi connectivity index (χ1n) is 6.22. The van der Waals surface area contributed by atoms with Gasteiger partial charge < -0.3 is 0 Å². The van der Waals surface area contributed by atoms with Crippen molar-refractivity contribution < 1.29 is 4.79 Å². The van der Waals surface area contributed by atoms with E-state index in [-0.39, 0.29) is 5.91 Å². The normalized spacial score (nSPS) is 10.6. The van der Waals surface area contributed by atoms with Crippen LogP contribution in [0.25, 0.3) is 10.6 Å². The highest BCUT2D eigenvalue weighted by molar-refractivity contribution is 9.10. The van der Waals surface area contributed by atoms with Gasteiger partial charge in [-0.15, -0.1) is 22.7 Å². The third-order valence-corrected chi connectivity index (χ3v) is 5.31. The van der Waals surface area contributed by atoms with E-state index >= 15 is 0 Å². The van der Waals surface area contributed by atoms with Gasteiger partial charge in [0, 0.05) is 14.7 Å². The molecule has 0 saturated heterocycles. The Kier molecular flexibility index (Phi) is 4.19. The summed E-state index contributed by atoms with van der Waals surface area (Å²) in [6.07, 6.45) is 0. The molecule has 3 rings (SSSR count). The number of carbonyl (C=O) groups excluding carboxylic acids is 1. The quantitative estimate of drug-likeness (QED) is 0.680. The van der Waals surface area contributed by atoms with Crippen LogP contribution in [0.3, 0.4) is 0 Å². The maximum atomic E-state index is 12.2. The van der Waals surface area contributed by atoms with Gasteiger partial charge in [0.05, 0.1) is 16.1 Å². The van der Waals surface area contributed by atoms with Crippen LogP contribution in [0.2, 0.25) is 0 Å². The summed E-state index contributed by atoms with van der Waals surface area (Å²) in [7, 11) is 0. The Balaban J connectivity index is 1.79. The van der Waals surface area contributed by atoms with Crippen molar-refractivity contribution in [1.82, 2.24) is 4.98 Å². The molecular weight excluding hydrogens is 368 g/mol. The average molecular weight is 379 g/mol. The summed E-state index contributed by atoms with van der Waals surface area (Å²) in [4.78, 5) is 19.0. The molecule has 3 aromatic rings. The molecule has 0 unspecified atom stereocenters. The number of carbonyl (C=O) groups is 1. The fourth-order valence-electron chi connectivity index (χ4n) is 1.83. The van der Waals surface area contributed by atoms with Crippen LogP contribution in [0.15, 0.2) is 46.3 Å². The Morgan fingerprint density at radius 2 is 2.05 bits per heavy atom. The van der Waals surface area contributed by atoms with E-state index in [2.05, 4.69) is 45.3 Å². The first-order valence-corrected chi connectivity index (χ1v) is 8.70. The molecule has 1 aromatic carbocycles. The lowest BCUT2D eigenvalue weighted by Crippen LogP contribution is -2.12. The smallest absolute Gasteiger partial charge is 0.258 e. The summed E-state index contributed by atoms with van der Waals surface area (Å²) < 4.78 is 0.771. The van der Waals surface area contributed by atoms with Gasteiger partial charge in [0.1, 0.15) is 0 Å². The SMILES string of the molecule is Cc1ccc(-c2csc(NC(=O)c3ccccc3Br)n2)s1. The molecule has 0 atom stereocenters. The summed E-state index contributed by atoms with van der Waals surface area (Å²) >= 11 is 6.51. The predicted molar refractivity (Wildman–Crippen MR) is 92.3 cm³/mol. The molecule has 0 bridgehead atoms. The highest BCUT2D eigenvalue weighted by atomic mass is 79.9. The third-order valence-electron chi connectivity index (χ3n) is 2.84. The molecule has 1 N–H and O–H groups in total. The lowest BCUT2D eigenvalue weighted by Gasteiger charge is -2.03. The van der Waals surface area contributed by atoms with Gasteiger partial charge >= 0.3 is 0 Å². The van der Waals surface area contributed by atoms with Crippen LogP contribution in [-0.4, -0.2) is 10.9 Å². The summed E-state index contributed by atoms with van der Waals surface area (Å²) in [6, 6.07) is 11.4. The standard InChI is InChI=1S/C15H11BrN2OS2/c1-9-6-7-13(21-9)12-8-20-15(17-12)18-14(19)10-4-2-3-5-11(10)16/h2-8H,1H3,(H,17,18,19). The fraction of sp³-hybridized carbons (Fsp3) is 0.0667. The van der Waals surface area contributed by atoms with E-state index in [1.807, 2.05) is 23.6 Å². The fourth-order valence-corrected chi connectivity index (χ4v) is 3.90. The van der Waals surface area contributed by atoms with Gasteiger partial charge in [-0.25, -0.2) is 4.98 Å². The van der Waals surface area contributed by atoms with Crippen molar-refractivity contribution in [2.75, 3.05) is 5.32 Å². The molecule has 0 aliphatic heterocycles. The molecule has 0 aliphatic carbocycles. The Hall–Kier alpha value is -1.50. The van der Waals surface area contributed by atoms with Gasteiger partial charge in [0.2, 0.25) is 0 Å². The number of aromatic nitrogens is 1. The molecule has 0 radical (unpaired) electrons. The van der Waals surface area contributed by atoms with Crippen molar-refractivity contribution in [2.45, 2.75) is 6.92 Å². The number of benzene rings is 1. The molecule has 21 heavy (non-hydrogen) atoms. The van der Waals surface area contributed by atoms with Gasteiger partial charge in [-0.1, -0.05) is 12.1 Å². The second-order valence-corrected chi connectivity index (χ2v) is 7.38. The second-order valence-electron chi connectivity index (χ2n) is 4.38. The Morgan fingerprint density at radius 1 is 1.24 bits per heavy atom. The molecule has 0 fully saturated rings. The van der Waals surface area contributed by atoms with Crippen molar-refractivity contribution in [1.29, 1.82) is 0 Å². The summed E-state index contributed by atoms with van der Waals surface area (Å²) in [5.74, 6) is -0.161. The number of rotatable bonds is 3. The largest absolute Gasteiger partial charge is 0.298 e. The maximum Gasteiger partial charge on any atom is 0.258 e. The van der Waals surface area contributed by atoms with E-state index in [0.29, 0.717) is 10.7 Å². The topological polar surface area (TPSA) is 42.0 Å². The maximum absolute atomic E-state index is 12.2. The molecule has 0 spiro atoms. The minimum absolute atomic E-state index is 0.161. The van der Waals surface area contributed by atoms with Gasteiger partial charge in [-0.3, -0.25) is 10.1 Å². The molecule has 6 heteroatoms. The second kappa shape index (κ2) is 6.09. The van der Waals surface area contributed by atoms with Crippen molar-refractivity contribution in [2.24, 2.45) is 0 Å². The Bertz CT molecular complexity index is 794. The van der Waals surface area contributed by atoms with Crippen molar-refractivity contribution in [3.05, 3.63) is 56.7 Å². The zero-order valence-electron chi connectivity index (χ0n) is 11.1. The van der Waals surface area contributed by atoms with Crippen molar-refractivity contribution in [3.63, 3.8) is 0 Å². The molecule has 3 nitrogen and oxygen atoms in total. The number of aryl methyl sites for hydroxylation is 1. The molecule has 1 amide bonds. The first kappa shape index (κ1) is 14.4. The minimum atomic E-state index is -0.161. The Labute approximate surface area is 138 Å². The van der Waals surface area contributed by atoms with Gasteiger partial charge in [-0.05, 0) is 47.1 Å². The van der Waals surface area contributed by atoms with E-state index in [1.54, 1.807) is 17.4 Å². The number of anilines is 1. The van der Waals surface area contributed by atoms with Gasteiger partial charge in [-0.2, -0.15) is 0 Å². The van der Waals surface area contributed by atoms with E-state index in [0.717, 1.165) is 15.0 Å². The van der Waals surface area contributed by atoms with Crippen LogP contribution in [-0.2, 0) is 0 Å². The number of thiophene rings is 1. The van der Waals surface area contributed by atoms with Crippen LogP contribution < -0.4 is 5.32 Å². The van der Waals surface area contributed by atoms with Crippen LogP contribution in [0.4, 0.5) is 5.13 Å². The van der Waals surface area contributed by atoms with Crippen LogP contribution in [0.5, 0.6) is 0 Å². The number of hydrogen-bond donors (Lipinski definition) is 1. The molecular formula is C15H11BrN2OS2. The van der Waals surface area contributed by atoms with Crippen LogP contribution >= 0.6 is 38.6 Å². The summed E-state index contributed by atoms with van der Waals surface area (Å²) in [5, 5.41) is 5.41. The zero-order valence-corrected chi connectivity index (χ0v) is 14.3. The Morgan fingerprint density at radius 3 is 2.76 bits per heavy atom. The number of nitrogens with zero attached hydrogens (tertiary/aromatic N) is 1. The molecule has 0 saturated carbocycles. The first-order chi connectivity index (χ1) is 10.1. The van der Waals surface area contributed by atoms with E-state index in [4.69, 9.17) is 0 Å². The number of amides is 1. The van der Waals surface area contributed by atoms with Gasteiger partial charge in [0.15, 0.2) is 5.13 Å². The lowest BCUT2D eigenvalue weighted by atomic mass is 10.2. The monoisotopic (exact) mass is 378 g/mol. The van der Waals surface area contributed by atoms with E-state index in [1.165, 1.54) is 16.2 Å². The van der Waals surface area contributed by atoms with Gasteiger partial charge in [0.25, 0.3) is 5.91 Å². The van der Waals surface area contributed by atoms with Crippen LogP contribution in [0.1, 0.15) is 15.2 Å². The van der Waals surface area contributed by atoms with E-state index < -0.39 is 0 Å². The summed E-state index contributed by atoms with van der Waals surface area (Å²) in [5.41, 5.74) is 1.50. The number of halogens is 1. The van der Waals surface area contributed by atoms with Crippen LogP contribution in [0, 0.1) is 6.92 Å². The summed E-state index contributed by atoms with van der Waals surface area (Å²) in [6.45, 7) is 2.07. The molecule has 0 aliphatic rings. The molecule has 2 heterocycles. The lowest BCUT2D eigenvalue weighted by molar-refractivity contribution is 0.102. The third kappa shape index (κ3) is 3.23. The molecule has 106 valence electrons. The minimum Gasteiger partial charge on any atom is -0.298 e. The van der Waals surface area contributed by atoms with Crippen molar-refractivity contribution >= 4 is 49.6 Å². The highest BCUT2D eigenvalue weighted by Gasteiger charge is 2.12. The zero-order chi connectivity index (χ0) is 14.8. The number of thiazole rings is 1. The number of hydrogen-bond acceptors (Lipinski definition) is 4. The number of nitrogens with one attached hydrogen (secondary N) is 1. The molecule has 2 aromatic heterocycles. The van der Waals surface area contributed by atoms with E-state index in [9.17, 15) is 4.79 Å².